The maximum Gasteiger partial charge on any atom is 0.448 e. The highest BCUT2D eigenvalue weighted by atomic mass is 19.4. The van der Waals surface area contributed by atoms with Crippen LogP contribution in [0.5, 0.6) is 0 Å². The van der Waals surface area contributed by atoms with Crippen LogP contribution in [0.2, 0.25) is 0 Å². The Kier molecular flexibility index (Phi) is 3.89. The minimum absolute atomic E-state index is 0.159. The van der Waals surface area contributed by atoms with E-state index in [0.29, 0.717) is 18.9 Å². The van der Waals surface area contributed by atoms with E-state index in [1.165, 1.54) is 0 Å². The molecule has 1 aliphatic rings. The van der Waals surface area contributed by atoms with E-state index in [1.54, 1.807) is 0 Å². The van der Waals surface area contributed by atoms with Crippen LogP contribution in [0.1, 0.15) is 39.5 Å². The number of aliphatic hydroxyl groups is 1. The lowest BCUT2D eigenvalue weighted by Crippen LogP contribution is -2.26. The van der Waals surface area contributed by atoms with Crippen LogP contribution in [0, 0.1) is 11.3 Å². The lowest BCUT2D eigenvalue weighted by molar-refractivity contribution is -0.127. The summed E-state index contributed by atoms with van der Waals surface area (Å²) in [6, 6.07) is 0. The zero-order valence-electron chi connectivity index (χ0n) is 9.97. The molecule has 17 heavy (non-hydrogen) atoms. The second kappa shape index (κ2) is 4.70. The molecular formula is C12H17F3O2. The number of hydrogen-bond acceptors (Lipinski definition) is 2. The zero-order chi connectivity index (χ0) is 13.3. The molecule has 1 rings (SSSR count). The number of aliphatic hydroxyl groups excluding tert-OH is 1. The first kappa shape index (κ1) is 14.1. The number of carbonyl (C=O) groups is 1. The molecule has 0 unspecified atom stereocenters. The second-order valence-corrected chi connectivity index (χ2v) is 5.37. The first-order valence-corrected chi connectivity index (χ1v) is 5.63. The van der Waals surface area contributed by atoms with Gasteiger partial charge >= 0.3 is 6.18 Å². The third-order valence-electron chi connectivity index (χ3n) is 3.31. The van der Waals surface area contributed by atoms with Crippen LogP contribution in [0.15, 0.2) is 11.8 Å². The maximum absolute atomic E-state index is 12.0. The lowest BCUT2D eigenvalue weighted by Gasteiger charge is -2.33. The minimum atomic E-state index is -4.83. The molecule has 0 saturated heterocycles. The average Bonchev–Trinajstić information content (AvgIpc) is 2.15. The minimum Gasteiger partial charge on any atom is -0.504 e. The summed E-state index contributed by atoms with van der Waals surface area (Å²) < 4.78 is 36.1. The van der Waals surface area contributed by atoms with Crippen LogP contribution in [0.25, 0.3) is 0 Å². The fraction of sp³-hybridized carbons (Fsp3) is 0.750. The van der Waals surface area contributed by atoms with Gasteiger partial charge in [0.2, 0.25) is 5.76 Å². The van der Waals surface area contributed by atoms with Crippen LogP contribution in [-0.2, 0) is 4.79 Å². The lowest BCUT2D eigenvalue weighted by atomic mass is 9.72. The highest BCUT2D eigenvalue weighted by Crippen LogP contribution is 2.38. The third-order valence-corrected chi connectivity index (χ3v) is 3.31. The normalized spacial score (nSPS) is 22.5. The van der Waals surface area contributed by atoms with Crippen molar-refractivity contribution in [2.75, 3.05) is 0 Å². The van der Waals surface area contributed by atoms with Crippen molar-refractivity contribution in [1.82, 2.24) is 0 Å². The van der Waals surface area contributed by atoms with Crippen LogP contribution in [0.4, 0.5) is 13.2 Å². The Labute approximate surface area is 98.5 Å². The van der Waals surface area contributed by atoms with Crippen molar-refractivity contribution < 1.29 is 23.1 Å². The highest BCUT2D eigenvalue weighted by molar-refractivity contribution is 5.92. The van der Waals surface area contributed by atoms with Gasteiger partial charge in [0, 0.05) is 12.0 Å². The van der Waals surface area contributed by atoms with E-state index in [4.69, 9.17) is 5.11 Å². The summed E-state index contributed by atoms with van der Waals surface area (Å²) >= 11 is 0. The fourth-order valence-electron chi connectivity index (χ4n) is 2.02. The number of allylic oxidation sites excluding steroid dienone is 2. The number of rotatable bonds is 2. The van der Waals surface area contributed by atoms with E-state index >= 15 is 0 Å². The van der Waals surface area contributed by atoms with Crippen molar-refractivity contribution in [3.63, 3.8) is 0 Å². The van der Waals surface area contributed by atoms with Gasteiger partial charge in [0.05, 0.1) is 0 Å². The maximum atomic E-state index is 12.0. The molecule has 2 nitrogen and oxygen atoms in total. The van der Waals surface area contributed by atoms with E-state index in [9.17, 15) is 18.0 Å². The predicted octanol–water partition coefficient (Wildman–Crippen LogP) is 3.78. The molecule has 0 bridgehead atoms. The SMILES string of the molecule is CC1(C)CCC(C(=O)C=C(O)C(F)(F)F)CC1. The Bertz CT molecular complexity index is 319. The summed E-state index contributed by atoms with van der Waals surface area (Å²) in [6.07, 6.45) is -1.68. The average molecular weight is 250 g/mol. The molecule has 0 radical (unpaired) electrons. The Morgan fingerprint density at radius 2 is 1.76 bits per heavy atom. The molecule has 0 aromatic carbocycles. The van der Waals surface area contributed by atoms with Gasteiger partial charge in [-0.3, -0.25) is 4.79 Å². The monoisotopic (exact) mass is 250 g/mol. The summed E-state index contributed by atoms with van der Waals surface area (Å²) in [5, 5.41) is 8.70. The summed E-state index contributed by atoms with van der Waals surface area (Å²) in [5.41, 5.74) is 0.159. The molecule has 1 N–H and O–H groups in total. The first-order valence-electron chi connectivity index (χ1n) is 5.63. The number of halogens is 3. The van der Waals surface area contributed by atoms with E-state index < -0.39 is 17.7 Å². The summed E-state index contributed by atoms with van der Waals surface area (Å²) in [4.78, 5) is 11.5. The van der Waals surface area contributed by atoms with Crippen molar-refractivity contribution in [2.24, 2.45) is 11.3 Å². The first-order chi connectivity index (χ1) is 7.62. The van der Waals surface area contributed by atoms with Gasteiger partial charge in [0.15, 0.2) is 5.78 Å². The standard InChI is InChI=1S/C12H17F3O2/c1-11(2)5-3-8(4-6-11)9(16)7-10(17)12(13,14)15/h7-8,17H,3-6H2,1-2H3. The van der Waals surface area contributed by atoms with Crippen LogP contribution in [-0.4, -0.2) is 17.1 Å². The summed E-state index contributed by atoms with van der Waals surface area (Å²) in [5.74, 6) is -2.80. The van der Waals surface area contributed by atoms with Crippen LogP contribution in [0.3, 0.4) is 0 Å². The highest BCUT2D eigenvalue weighted by Gasteiger charge is 2.36. The number of carbonyl (C=O) groups excluding carboxylic acids is 1. The van der Waals surface area contributed by atoms with Gasteiger partial charge in [-0.2, -0.15) is 13.2 Å². The third kappa shape index (κ3) is 4.06. The molecular weight excluding hydrogens is 233 g/mol. The van der Waals surface area contributed by atoms with Crippen LogP contribution < -0.4 is 0 Å². The van der Waals surface area contributed by atoms with Gasteiger partial charge in [-0.15, -0.1) is 0 Å². The molecule has 0 spiro atoms. The molecule has 98 valence electrons. The van der Waals surface area contributed by atoms with Gasteiger partial charge in [-0.1, -0.05) is 13.8 Å². The number of alkyl halides is 3. The van der Waals surface area contributed by atoms with Gasteiger partial charge < -0.3 is 5.11 Å². The van der Waals surface area contributed by atoms with Gasteiger partial charge in [-0.25, -0.2) is 0 Å². The van der Waals surface area contributed by atoms with E-state index in [0.717, 1.165) is 12.8 Å². The van der Waals surface area contributed by atoms with Gasteiger partial charge in [-0.05, 0) is 31.1 Å². The van der Waals surface area contributed by atoms with E-state index in [1.807, 2.05) is 0 Å². The van der Waals surface area contributed by atoms with Crippen molar-refractivity contribution in [2.45, 2.75) is 45.7 Å². The molecule has 0 aliphatic heterocycles. The predicted molar refractivity (Wildman–Crippen MR) is 57.5 cm³/mol. The Hall–Kier alpha value is -1.00. The quantitative estimate of drug-likeness (QED) is 0.598. The molecule has 0 heterocycles. The molecule has 1 aliphatic carbocycles. The molecule has 0 aromatic heterocycles. The Morgan fingerprint density at radius 3 is 2.18 bits per heavy atom. The van der Waals surface area contributed by atoms with E-state index in [-0.39, 0.29) is 11.3 Å². The number of hydrogen-bond donors (Lipinski definition) is 1. The molecule has 1 fully saturated rings. The molecule has 5 heteroatoms. The summed E-state index contributed by atoms with van der Waals surface area (Å²) in [6.45, 7) is 4.16. The fourth-order valence-corrected chi connectivity index (χ4v) is 2.02. The number of ketones is 1. The molecule has 1 saturated carbocycles. The molecule has 0 atom stereocenters. The smallest absolute Gasteiger partial charge is 0.448 e. The summed E-state index contributed by atoms with van der Waals surface area (Å²) in [7, 11) is 0. The van der Waals surface area contributed by atoms with Crippen molar-refractivity contribution in [3.05, 3.63) is 11.8 Å². The van der Waals surface area contributed by atoms with Gasteiger partial charge in [0.1, 0.15) is 0 Å². The molecule has 0 aromatic rings. The second-order valence-electron chi connectivity index (χ2n) is 5.37. The van der Waals surface area contributed by atoms with E-state index in [2.05, 4.69) is 13.8 Å². The van der Waals surface area contributed by atoms with Crippen LogP contribution >= 0.6 is 0 Å². The van der Waals surface area contributed by atoms with Crippen molar-refractivity contribution in [3.8, 4) is 0 Å². The Morgan fingerprint density at radius 1 is 1.29 bits per heavy atom. The molecule has 0 amide bonds. The topological polar surface area (TPSA) is 37.3 Å². The Balaban J connectivity index is 2.62. The van der Waals surface area contributed by atoms with Crippen molar-refractivity contribution in [1.29, 1.82) is 0 Å². The van der Waals surface area contributed by atoms with Gasteiger partial charge in [0.25, 0.3) is 0 Å². The van der Waals surface area contributed by atoms with Crippen molar-refractivity contribution >= 4 is 5.78 Å². The zero-order valence-corrected chi connectivity index (χ0v) is 9.97. The largest absolute Gasteiger partial charge is 0.504 e.